The third-order valence-electron chi connectivity index (χ3n) is 3.55. The van der Waals surface area contributed by atoms with Gasteiger partial charge in [-0.2, -0.15) is 8.42 Å². The average Bonchev–Trinajstić information content (AvgIpc) is 2.99. The summed E-state index contributed by atoms with van der Waals surface area (Å²) in [6.45, 7) is 0.382. The van der Waals surface area contributed by atoms with E-state index in [4.69, 9.17) is 16.8 Å². The Balaban J connectivity index is 1.94. The van der Waals surface area contributed by atoms with Crippen LogP contribution in [0.3, 0.4) is 0 Å². The van der Waals surface area contributed by atoms with E-state index >= 15 is 0 Å². The van der Waals surface area contributed by atoms with Gasteiger partial charge in [-0.3, -0.25) is 14.2 Å². The first kappa shape index (κ1) is 17.7. The van der Waals surface area contributed by atoms with Gasteiger partial charge in [0.25, 0.3) is 16.0 Å². The molecule has 2 heterocycles. The lowest BCUT2D eigenvalue weighted by molar-refractivity contribution is -0.121. The van der Waals surface area contributed by atoms with Crippen molar-refractivity contribution in [1.29, 1.82) is 0 Å². The quantitative estimate of drug-likeness (QED) is 0.468. The summed E-state index contributed by atoms with van der Waals surface area (Å²) < 4.78 is 31.4. The predicted molar refractivity (Wildman–Crippen MR) is 101 cm³/mol. The molecule has 3 rings (SSSR count). The Labute approximate surface area is 154 Å². The Morgan fingerprint density at radius 1 is 1.25 bits per heavy atom. The van der Waals surface area contributed by atoms with E-state index in [-0.39, 0.29) is 18.1 Å². The molecule has 1 N–H and O–H groups in total. The van der Waals surface area contributed by atoms with Crippen LogP contribution in [0.25, 0.3) is 0 Å². The minimum absolute atomic E-state index is 0.153. The van der Waals surface area contributed by atoms with Gasteiger partial charge in [0, 0.05) is 18.5 Å². The molecular formula is C14H14N2O4S4. The van der Waals surface area contributed by atoms with Crippen molar-refractivity contribution in [3.8, 4) is 0 Å². The molecule has 0 atom stereocenters. The summed E-state index contributed by atoms with van der Waals surface area (Å²) in [5.74, 6) is -0.474. The Kier molecular flexibility index (Phi) is 4.94. The molecule has 0 bridgehead atoms. The molecule has 6 nitrogen and oxygen atoms in total. The SMILES string of the molecule is CN1C(=O)/C(=C2/Sc3ccccc3N2CCCS(=O)(=O)O)SC1=S. The molecule has 0 radical (unpaired) electrons. The highest BCUT2D eigenvalue weighted by molar-refractivity contribution is 8.27. The molecule has 0 saturated carbocycles. The number of carbonyl (C=O) groups is 1. The third kappa shape index (κ3) is 3.47. The molecule has 0 aliphatic carbocycles. The number of nitrogens with zero attached hydrogens (tertiary/aromatic N) is 2. The van der Waals surface area contributed by atoms with E-state index in [0.717, 1.165) is 15.6 Å². The van der Waals surface area contributed by atoms with Gasteiger partial charge >= 0.3 is 0 Å². The number of rotatable bonds is 4. The second kappa shape index (κ2) is 6.68. The van der Waals surface area contributed by atoms with Gasteiger partial charge in [0.15, 0.2) is 0 Å². The molecule has 0 aromatic heterocycles. The lowest BCUT2D eigenvalue weighted by atomic mass is 10.3. The van der Waals surface area contributed by atoms with Crippen molar-refractivity contribution in [2.75, 3.05) is 24.2 Å². The number of hydrogen-bond acceptors (Lipinski definition) is 7. The van der Waals surface area contributed by atoms with Gasteiger partial charge in [-0.15, -0.1) is 0 Å². The average molecular weight is 403 g/mol. The van der Waals surface area contributed by atoms with Crippen molar-refractivity contribution in [3.05, 3.63) is 34.2 Å². The maximum atomic E-state index is 12.4. The zero-order valence-corrected chi connectivity index (χ0v) is 15.9. The summed E-state index contributed by atoms with van der Waals surface area (Å²) in [6.07, 6.45) is 0.254. The number of thioether (sulfide) groups is 2. The topological polar surface area (TPSA) is 77.9 Å². The van der Waals surface area contributed by atoms with E-state index in [1.54, 1.807) is 7.05 Å². The highest BCUT2D eigenvalue weighted by Crippen LogP contribution is 2.50. The maximum absolute atomic E-state index is 12.4. The van der Waals surface area contributed by atoms with Crippen LogP contribution in [0.5, 0.6) is 0 Å². The van der Waals surface area contributed by atoms with E-state index in [9.17, 15) is 13.2 Å². The summed E-state index contributed by atoms with van der Waals surface area (Å²) in [4.78, 5) is 17.3. The number of para-hydroxylation sites is 1. The normalized spacial score (nSPS) is 20.9. The van der Waals surface area contributed by atoms with Crippen molar-refractivity contribution in [1.82, 2.24) is 4.90 Å². The fraction of sp³-hybridized carbons (Fsp3) is 0.286. The van der Waals surface area contributed by atoms with Crippen molar-refractivity contribution < 1.29 is 17.8 Å². The second-order valence-electron chi connectivity index (χ2n) is 5.23. The number of thiocarbonyl (C=S) groups is 1. The monoisotopic (exact) mass is 402 g/mol. The van der Waals surface area contributed by atoms with E-state index in [1.807, 2.05) is 29.2 Å². The van der Waals surface area contributed by atoms with Gasteiger partial charge in [-0.25, -0.2) is 0 Å². The van der Waals surface area contributed by atoms with Crippen molar-refractivity contribution in [2.45, 2.75) is 11.3 Å². The molecule has 0 unspecified atom stereocenters. The van der Waals surface area contributed by atoms with Crippen LogP contribution < -0.4 is 4.90 Å². The molecule has 24 heavy (non-hydrogen) atoms. The maximum Gasteiger partial charge on any atom is 0.268 e. The van der Waals surface area contributed by atoms with Crippen LogP contribution in [-0.2, 0) is 14.9 Å². The third-order valence-corrected chi connectivity index (χ3v) is 7.21. The number of anilines is 1. The first-order valence-corrected chi connectivity index (χ1v) is 10.7. The first-order chi connectivity index (χ1) is 11.3. The number of hydrogen-bond donors (Lipinski definition) is 1. The molecule has 1 fully saturated rings. The van der Waals surface area contributed by atoms with Crippen LogP contribution in [0.4, 0.5) is 5.69 Å². The minimum atomic E-state index is -4.01. The van der Waals surface area contributed by atoms with Gasteiger partial charge < -0.3 is 4.90 Å². The molecule has 2 aliphatic heterocycles. The zero-order valence-electron chi connectivity index (χ0n) is 12.6. The number of carbonyl (C=O) groups excluding carboxylic acids is 1. The Morgan fingerprint density at radius 2 is 1.96 bits per heavy atom. The van der Waals surface area contributed by atoms with Crippen LogP contribution >= 0.6 is 35.7 Å². The van der Waals surface area contributed by atoms with Crippen LogP contribution in [0.1, 0.15) is 6.42 Å². The van der Waals surface area contributed by atoms with Crippen molar-refractivity contribution >= 4 is 61.8 Å². The highest BCUT2D eigenvalue weighted by Gasteiger charge is 2.37. The van der Waals surface area contributed by atoms with E-state index in [2.05, 4.69) is 0 Å². The summed E-state index contributed by atoms with van der Waals surface area (Å²) in [7, 11) is -2.37. The molecule has 1 amide bonds. The molecule has 1 saturated heterocycles. The summed E-state index contributed by atoms with van der Waals surface area (Å²) in [6, 6.07) is 7.68. The molecule has 1 aromatic rings. The Hall–Kier alpha value is -1.07. The summed E-state index contributed by atoms with van der Waals surface area (Å²) >= 11 is 7.91. The van der Waals surface area contributed by atoms with E-state index in [1.165, 1.54) is 28.4 Å². The summed E-state index contributed by atoms with van der Waals surface area (Å²) in [5, 5.41) is 0.758. The van der Waals surface area contributed by atoms with Crippen molar-refractivity contribution in [3.63, 3.8) is 0 Å². The lowest BCUT2D eigenvalue weighted by Gasteiger charge is -2.21. The lowest BCUT2D eigenvalue weighted by Crippen LogP contribution is -2.26. The molecule has 0 spiro atoms. The van der Waals surface area contributed by atoms with Gasteiger partial charge in [0.2, 0.25) is 0 Å². The van der Waals surface area contributed by atoms with E-state index < -0.39 is 10.1 Å². The van der Waals surface area contributed by atoms with Gasteiger partial charge in [0.05, 0.1) is 11.4 Å². The van der Waals surface area contributed by atoms with Crippen LogP contribution in [-0.4, -0.2) is 47.4 Å². The Bertz CT molecular complexity index is 850. The molecule has 10 heteroatoms. The minimum Gasteiger partial charge on any atom is -0.334 e. The number of amides is 1. The zero-order chi connectivity index (χ0) is 17.5. The fourth-order valence-corrected chi connectivity index (χ4v) is 5.41. The summed E-state index contributed by atoms with van der Waals surface area (Å²) in [5.41, 5.74) is 0.925. The van der Waals surface area contributed by atoms with Crippen molar-refractivity contribution in [2.24, 2.45) is 0 Å². The van der Waals surface area contributed by atoms with Crippen LogP contribution in [0, 0.1) is 0 Å². The van der Waals surface area contributed by atoms with Gasteiger partial charge in [0.1, 0.15) is 14.3 Å². The Morgan fingerprint density at radius 3 is 2.58 bits per heavy atom. The second-order valence-corrected chi connectivity index (χ2v) is 9.47. The largest absolute Gasteiger partial charge is 0.334 e. The van der Waals surface area contributed by atoms with Crippen LogP contribution in [0.15, 0.2) is 39.1 Å². The first-order valence-electron chi connectivity index (χ1n) is 7.01. The number of benzene rings is 1. The standard InChI is InChI=1S/C14H14N2O4S4/c1-15-12(17)11(23-14(15)21)13-16(7-4-8-24(18,19)20)9-5-2-3-6-10(9)22-13/h2-3,5-6H,4,7-8H2,1H3,(H,18,19,20)/b13-11-. The molecular weight excluding hydrogens is 388 g/mol. The molecule has 1 aromatic carbocycles. The van der Waals surface area contributed by atoms with Crippen LogP contribution in [0.2, 0.25) is 0 Å². The number of likely N-dealkylation sites (N-methyl/N-ethyl adjacent to an activating group) is 1. The molecule has 2 aliphatic rings. The van der Waals surface area contributed by atoms with Gasteiger partial charge in [-0.05, 0) is 18.6 Å². The van der Waals surface area contributed by atoms with E-state index in [0.29, 0.717) is 15.8 Å². The smallest absolute Gasteiger partial charge is 0.268 e. The fourth-order valence-electron chi connectivity index (χ4n) is 2.40. The predicted octanol–water partition coefficient (Wildman–Crippen LogP) is 2.54. The van der Waals surface area contributed by atoms with Gasteiger partial charge in [-0.1, -0.05) is 47.9 Å². The highest BCUT2D eigenvalue weighted by atomic mass is 32.2. The molecule has 128 valence electrons. The number of fused-ring (bicyclic) bond motifs is 1.